The minimum Gasteiger partial charge on any atom is -0.493 e. The van der Waals surface area contributed by atoms with Crippen molar-refractivity contribution in [3.63, 3.8) is 0 Å². The molecule has 8 nitrogen and oxygen atoms in total. The highest BCUT2D eigenvalue weighted by Gasteiger charge is 2.35. The zero-order chi connectivity index (χ0) is 28.9. The lowest BCUT2D eigenvalue weighted by Crippen LogP contribution is -2.40. The van der Waals surface area contributed by atoms with Crippen molar-refractivity contribution in [1.29, 1.82) is 0 Å². The smallest absolute Gasteiger partial charge is 0.338 e. The third-order valence-corrected chi connectivity index (χ3v) is 7.70. The van der Waals surface area contributed by atoms with E-state index < -0.39 is 12.0 Å². The Hall–Kier alpha value is -3.92. The van der Waals surface area contributed by atoms with Crippen molar-refractivity contribution >= 4 is 35.0 Å². The van der Waals surface area contributed by atoms with Crippen LogP contribution in [0.1, 0.15) is 37.6 Å². The molecule has 3 heterocycles. The van der Waals surface area contributed by atoms with Gasteiger partial charge in [-0.15, -0.1) is 0 Å². The number of esters is 1. The lowest BCUT2D eigenvalue weighted by Gasteiger charge is -2.26. The Morgan fingerprint density at radius 3 is 2.63 bits per heavy atom. The topological polar surface area (TPSA) is 92.3 Å². The van der Waals surface area contributed by atoms with Gasteiger partial charge in [0, 0.05) is 29.3 Å². The molecule has 1 atom stereocenters. The Morgan fingerprint density at radius 1 is 1.10 bits per heavy atom. The fourth-order valence-corrected chi connectivity index (χ4v) is 5.70. The molecule has 0 fully saturated rings. The van der Waals surface area contributed by atoms with Crippen LogP contribution in [-0.4, -0.2) is 37.5 Å². The van der Waals surface area contributed by atoms with Crippen LogP contribution < -0.4 is 19.6 Å². The van der Waals surface area contributed by atoms with E-state index in [1.165, 1.54) is 23.0 Å². The molecule has 1 aliphatic heterocycles. The molecule has 0 saturated heterocycles. The summed E-state index contributed by atoms with van der Waals surface area (Å²) in [6, 6.07) is 17.6. The number of carbonyl (C=O) groups excluding carboxylic acids is 1. The maximum absolute atomic E-state index is 14.0. The number of carbonyl (C=O) groups is 1. The van der Waals surface area contributed by atoms with Crippen LogP contribution in [0.25, 0.3) is 17.4 Å². The Balaban J connectivity index is 1.62. The molecule has 10 heteroatoms. The van der Waals surface area contributed by atoms with E-state index in [-0.39, 0.29) is 24.3 Å². The normalized spacial score (nSPS) is 15.0. The minimum atomic E-state index is -0.794. The number of nitrogens with zero attached hydrogens (tertiary/aromatic N) is 2. The van der Waals surface area contributed by atoms with Gasteiger partial charge in [0.2, 0.25) is 0 Å². The molecule has 0 N–H and O–H groups in total. The first-order valence-corrected chi connectivity index (χ1v) is 14.4. The molecule has 0 saturated carbocycles. The van der Waals surface area contributed by atoms with Crippen molar-refractivity contribution in [2.45, 2.75) is 26.3 Å². The van der Waals surface area contributed by atoms with Gasteiger partial charge in [-0.05, 0) is 55.8 Å². The van der Waals surface area contributed by atoms with E-state index in [9.17, 15) is 9.59 Å². The molecule has 5 rings (SSSR count). The molecule has 2 aromatic carbocycles. The predicted molar refractivity (Wildman–Crippen MR) is 158 cm³/mol. The van der Waals surface area contributed by atoms with Gasteiger partial charge in [-0.2, -0.15) is 0 Å². The molecule has 0 aliphatic carbocycles. The van der Waals surface area contributed by atoms with Gasteiger partial charge in [-0.25, -0.2) is 9.79 Å². The SMILES string of the molecule is CCCOc1ccccc1[C@H]1C(C(=O)OCCOC)=C(C)N=c2s/c(=C/c3ccc(-c4ccc(Cl)cc4)o3)c(=O)n21. The maximum Gasteiger partial charge on any atom is 0.338 e. The van der Waals surface area contributed by atoms with Gasteiger partial charge in [-0.1, -0.05) is 48.1 Å². The number of methoxy groups -OCH3 is 1. The average molecular weight is 593 g/mol. The number of fused-ring (bicyclic) bond motifs is 1. The second-order valence-corrected chi connectivity index (χ2v) is 10.8. The molecule has 41 heavy (non-hydrogen) atoms. The maximum atomic E-state index is 14.0. The van der Waals surface area contributed by atoms with Crippen molar-refractivity contribution in [3.05, 3.63) is 108 Å². The van der Waals surface area contributed by atoms with Crippen LogP contribution in [0.4, 0.5) is 0 Å². The zero-order valence-corrected chi connectivity index (χ0v) is 24.5. The van der Waals surface area contributed by atoms with Gasteiger partial charge in [0.1, 0.15) is 29.9 Å². The molecule has 0 amide bonds. The van der Waals surface area contributed by atoms with Crippen molar-refractivity contribution in [2.24, 2.45) is 4.99 Å². The second kappa shape index (κ2) is 12.7. The zero-order valence-electron chi connectivity index (χ0n) is 22.9. The van der Waals surface area contributed by atoms with Gasteiger partial charge < -0.3 is 18.6 Å². The summed E-state index contributed by atoms with van der Waals surface area (Å²) in [7, 11) is 1.53. The van der Waals surface area contributed by atoms with Crippen LogP contribution >= 0.6 is 22.9 Å². The van der Waals surface area contributed by atoms with Gasteiger partial charge in [0.05, 0.1) is 29.0 Å². The van der Waals surface area contributed by atoms with Crippen molar-refractivity contribution < 1.29 is 23.4 Å². The number of allylic oxidation sites excluding steroid dienone is 1. The Kier molecular flexibility index (Phi) is 8.87. The third kappa shape index (κ3) is 6.07. The van der Waals surface area contributed by atoms with Crippen molar-refractivity contribution in [1.82, 2.24) is 4.57 Å². The van der Waals surface area contributed by atoms with Crippen molar-refractivity contribution in [2.75, 3.05) is 26.9 Å². The molecular formula is C31H29ClN2O6S. The third-order valence-electron chi connectivity index (χ3n) is 6.47. The van der Waals surface area contributed by atoms with E-state index in [0.717, 1.165) is 12.0 Å². The number of thiazole rings is 1. The summed E-state index contributed by atoms with van der Waals surface area (Å²) in [5.41, 5.74) is 1.98. The molecule has 0 spiro atoms. The van der Waals surface area contributed by atoms with Gasteiger partial charge >= 0.3 is 5.97 Å². The standard InChI is InChI=1S/C31H29ClN2O6S/c1-4-15-38-25-8-6-5-7-23(25)28-27(30(36)39-17-16-37-3)19(2)33-31-34(28)29(35)26(41-31)18-22-13-14-24(40-22)20-9-11-21(32)12-10-20/h5-14,18,28H,4,15-17H2,1-3H3/b26-18+/t28-/m0/s1. The molecule has 4 aromatic rings. The lowest BCUT2D eigenvalue weighted by atomic mass is 9.95. The van der Waals surface area contributed by atoms with Crippen LogP contribution in [0.3, 0.4) is 0 Å². The number of ether oxygens (including phenoxy) is 3. The van der Waals surface area contributed by atoms with E-state index in [1.54, 1.807) is 31.2 Å². The van der Waals surface area contributed by atoms with Crippen LogP contribution in [0.2, 0.25) is 5.02 Å². The molecule has 2 aromatic heterocycles. The molecule has 1 aliphatic rings. The highest BCUT2D eigenvalue weighted by Crippen LogP contribution is 2.36. The molecule has 0 bridgehead atoms. The molecule has 0 unspecified atom stereocenters. The summed E-state index contributed by atoms with van der Waals surface area (Å²) in [5.74, 6) is 1.19. The van der Waals surface area contributed by atoms with Crippen molar-refractivity contribution in [3.8, 4) is 17.1 Å². The Labute approximate surface area is 245 Å². The summed E-state index contributed by atoms with van der Waals surface area (Å²) >= 11 is 7.24. The Morgan fingerprint density at radius 2 is 1.88 bits per heavy atom. The summed E-state index contributed by atoms with van der Waals surface area (Å²) in [6.07, 6.45) is 2.49. The molecule has 0 radical (unpaired) electrons. The first kappa shape index (κ1) is 28.6. The first-order chi connectivity index (χ1) is 19.9. The number of aromatic nitrogens is 1. The fraction of sp³-hybridized carbons (Fsp3) is 0.258. The van der Waals surface area contributed by atoms with Crippen LogP contribution in [0, 0.1) is 0 Å². The average Bonchev–Trinajstić information content (AvgIpc) is 3.56. The number of benzene rings is 2. The fourth-order valence-electron chi connectivity index (χ4n) is 4.55. The summed E-state index contributed by atoms with van der Waals surface area (Å²) in [4.78, 5) is 32.5. The highest BCUT2D eigenvalue weighted by molar-refractivity contribution is 7.07. The second-order valence-electron chi connectivity index (χ2n) is 9.31. The quantitative estimate of drug-likeness (QED) is 0.187. The van der Waals surface area contributed by atoms with E-state index >= 15 is 0 Å². The number of para-hydroxylation sites is 1. The van der Waals surface area contributed by atoms with Gasteiger partial charge in [0.25, 0.3) is 5.56 Å². The van der Waals surface area contributed by atoms with E-state index in [2.05, 4.69) is 4.99 Å². The number of halogens is 1. The number of rotatable bonds is 10. The summed E-state index contributed by atoms with van der Waals surface area (Å²) < 4.78 is 24.6. The first-order valence-electron chi connectivity index (χ1n) is 13.2. The highest BCUT2D eigenvalue weighted by atomic mass is 35.5. The van der Waals surface area contributed by atoms with Crippen LogP contribution in [-0.2, 0) is 14.3 Å². The monoisotopic (exact) mass is 592 g/mol. The van der Waals surface area contributed by atoms with E-state index in [4.69, 9.17) is 30.2 Å². The lowest BCUT2D eigenvalue weighted by molar-refractivity contribution is -0.140. The van der Waals surface area contributed by atoms with Gasteiger partial charge in [0.15, 0.2) is 4.80 Å². The summed E-state index contributed by atoms with van der Waals surface area (Å²) in [6.45, 7) is 4.58. The number of hydrogen-bond donors (Lipinski definition) is 0. The minimum absolute atomic E-state index is 0.0751. The predicted octanol–water partition coefficient (Wildman–Crippen LogP) is 5.13. The number of furan rings is 1. The molecule has 212 valence electrons. The largest absolute Gasteiger partial charge is 0.493 e. The summed E-state index contributed by atoms with van der Waals surface area (Å²) in [5, 5.41) is 0.634. The van der Waals surface area contributed by atoms with Crippen LogP contribution in [0.15, 0.2) is 86.1 Å². The Bertz CT molecular complexity index is 1770. The van der Waals surface area contributed by atoms with Gasteiger partial charge in [-0.3, -0.25) is 9.36 Å². The molecular weight excluding hydrogens is 564 g/mol. The van der Waals surface area contributed by atoms with Crippen LogP contribution in [0.5, 0.6) is 5.75 Å². The number of hydrogen-bond acceptors (Lipinski definition) is 8. The van der Waals surface area contributed by atoms with E-state index in [1.807, 2.05) is 49.4 Å². The van der Waals surface area contributed by atoms with E-state index in [0.29, 0.717) is 49.5 Å².